The highest BCUT2D eigenvalue weighted by molar-refractivity contribution is 5.90. The standard InChI is InChI=1S/C29H36N8O3/c1-17(39)23-14-19-15-30-29(34-26(19)27(32-23)37-20-3-4-21(37)6-5-20)33-25-7-2-18-16-36(10-8-22(18)31-25)28(40)24-9-11-35(24)12-13-38/h2,7,14-15,17,20-21,24,38-39H,3-6,8-13,16H2,1H3,(H,30,31,33,34)/t17-,20?,21?,24+/m1/s1. The molecule has 11 heteroatoms. The fourth-order valence-corrected chi connectivity index (χ4v) is 6.87. The van der Waals surface area contributed by atoms with Crippen molar-refractivity contribution in [2.75, 3.05) is 36.5 Å². The van der Waals surface area contributed by atoms with E-state index in [0.717, 1.165) is 40.9 Å². The van der Waals surface area contributed by atoms with Crippen LogP contribution in [0.25, 0.3) is 10.9 Å². The maximum absolute atomic E-state index is 13.0. The van der Waals surface area contributed by atoms with Crippen LogP contribution in [0.15, 0.2) is 24.4 Å². The molecule has 2 atom stereocenters. The van der Waals surface area contributed by atoms with Crippen LogP contribution in [0.4, 0.5) is 17.6 Å². The van der Waals surface area contributed by atoms with Gasteiger partial charge in [-0.25, -0.2) is 19.9 Å². The van der Waals surface area contributed by atoms with Crippen molar-refractivity contribution in [3.8, 4) is 0 Å². The first-order valence-electron chi connectivity index (χ1n) is 14.5. The molecule has 11 nitrogen and oxygen atoms in total. The third-order valence-corrected chi connectivity index (χ3v) is 9.10. The van der Waals surface area contributed by atoms with Gasteiger partial charge in [-0.1, -0.05) is 6.07 Å². The van der Waals surface area contributed by atoms with Crippen LogP contribution in [-0.4, -0.2) is 90.2 Å². The van der Waals surface area contributed by atoms with Gasteiger partial charge in [-0.2, -0.15) is 0 Å². The number of likely N-dealkylation sites (tertiary alicyclic amines) is 1. The molecule has 3 aromatic rings. The predicted octanol–water partition coefficient (Wildman–Crippen LogP) is 2.30. The minimum absolute atomic E-state index is 0.0766. The number of carbonyl (C=O) groups is 1. The summed E-state index contributed by atoms with van der Waals surface area (Å²) in [7, 11) is 0. The number of β-amino-alcohol motifs (C(OH)–C–C–N with tert-alkyl or cyclic N) is 1. The number of pyridine rings is 2. The Hall–Kier alpha value is -3.41. The highest BCUT2D eigenvalue weighted by atomic mass is 16.3. The molecule has 0 spiro atoms. The van der Waals surface area contributed by atoms with Crippen LogP contribution in [0.5, 0.6) is 0 Å². The normalized spacial score (nSPS) is 24.7. The van der Waals surface area contributed by atoms with Gasteiger partial charge in [0, 0.05) is 62.0 Å². The van der Waals surface area contributed by atoms with E-state index in [-0.39, 0.29) is 18.6 Å². The minimum Gasteiger partial charge on any atom is -0.395 e. The average molecular weight is 545 g/mol. The highest BCUT2D eigenvalue weighted by Crippen LogP contribution is 2.42. The van der Waals surface area contributed by atoms with Crippen molar-refractivity contribution in [2.24, 2.45) is 0 Å². The fourth-order valence-electron chi connectivity index (χ4n) is 6.87. The van der Waals surface area contributed by atoms with Gasteiger partial charge in [0.2, 0.25) is 11.9 Å². The van der Waals surface area contributed by atoms with Crippen LogP contribution in [0.1, 0.15) is 62.1 Å². The number of hydrogen-bond donors (Lipinski definition) is 3. The van der Waals surface area contributed by atoms with Gasteiger partial charge >= 0.3 is 0 Å². The van der Waals surface area contributed by atoms with Gasteiger partial charge in [0.15, 0.2) is 5.82 Å². The minimum atomic E-state index is -0.666. The first-order chi connectivity index (χ1) is 19.5. The summed E-state index contributed by atoms with van der Waals surface area (Å²) in [6.45, 7) is 4.42. The molecule has 2 bridgehead atoms. The second-order valence-corrected chi connectivity index (χ2v) is 11.5. The molecule has 1 amide bonds. The summed E-state index contributed by atoms with van der Waals surface area (Å²) in [5.74, 6) is 2.12. The molecule has 40 heavy (non-hydrogen) atoms. The quantitative estimate of drug-likeness (QED) is 0.407. The Morgan fingerprint density at radius 3 is 2.60 bits per heavy atom. The molecule has 7 rings (SSSR count). The van der Waals surface area contributed by atoms with Crippen LogP contribution in [0, 0.1) is 0 Å². The van der Waals surface area contributed by atoms with E-state index in [2.05, 4.69) is 15.2 Å². The first-order valence-corrected chi connectivity index (χ1v) is 14.5. The number of anilines is 3. The number of aliphatic hydroxyl groups excluding tert-OH is 2. The van der Waals surface area contributed by atoms with Gasteiger partial charge < -0.3 is 25.3 Å². The molecule has 3 N–H and O–H groups in total. The number of aliphatic hydroxyl groups is 2. The molecule has 4 aliphatic heterocycles. The lowest BCUT2D eigenvalue weighted by Crippen LogP contribution is -2.58. The maximum atomic E-state index is 13.0. The predicted molar refractivity (Wildman–Crippen MR) is 150 cm³/mol. The lowest BCUT2D eigenvalue weighted by atomic mass is 9.99. The molecule has 0 aliphatic carbocycles. The first kappa shape index (κ1) is 25.6. The van der Waals surface area contributed by atoms with E-state index >= 15 is 0 Å². The lowest BCUT2D eigenvalue weighted by molar-refractivity contribution is -0.143. The van der Waals surface area contributed by atoms with Crippen molar-refractivity contribution < 1.29 is 15.0 Å². The Morgan fingerprint density at radius 1 is 1.10 bits per heavy atom. The van der Waals surface area contributed by atoms with Gasteiger partial charge in [-0.15, -0.1) is 0 Å². The van der Waals surface area contributed by atoms with Gasteiger partial charge in [-0.05, 0) is 56.7 Å². The second-order valence-electron chi connectivity index (χ2n) is 11.5. The number of nitrogens with zero attached hydrogens (tertiary/aromatic N) is 7. The van der Waals surface area contributed by atoms with Crippen LogP contribution < -0.4 is 10.2 Å². The zero-order valence-electron chi connectivity index (χ0n) is 22.8. The van der Waals surface area contributed by atoms with E-state index in [1.807, 2.05) is 28.0 Å². The van der Waals surface area contributed by atoms with Crippen molar-refractivity contribution in [1.82, 2.24) is 29.7 Å². The molecule has 7 heterocycles. The smallest absolute Gasteiger partial charge is 0.240 e. The van der Waals surface area contributed by atoms with Crippen LogP contribution >= 0.6 is 0 Å². The summed E-state index contributed by atoms with van der Waals surface area (Å²) in [5, 5.41) is 23.7. The Labute approximate surface area is 233 Å². The largest absolute Gasteiger partial charge is 0.395 e. The number of carbonyl (C=O) groups excluding carboxylic acids is 1. The number of fused-ring (bicyclic) bond motifs is 4. The topological polar surface area (TPSA) is 131 Å². The van der Waals surface area contributed by atoms with E-state index in [0.29, 0.717) is 55.6 Å². The average Bonchev–Trinajstić information content (AvgIpc) is 3.55. The molecule has 210 valence electrons. The summed E-state index contributed by atoms with van der Waals surface area (Å²) in [5.41, 5.74) is 3.46. The molecule has 0 saturated carbocycles. The molecule has 0 unspecified atom stereocenters. The van der Waals surface area contributed by atoms with Gasteiger partial charge in [0.1, 0.15) is 11.3 Å². The molecule has 4 aliphatic rings. The molecular weight excluding hydrogens is 508 g/mol. The van der Waals surface area contributed by atoms with Crippen molar-refractivity contribution >= 4 is 34.4 Å². The van der Waals surface area contributed by atoms with E-state index < -0.39 is 6.10 Å². The Kier molecular flexibility index (Phi) is 6.52. The fraction of sp³-hybridized carbons (Fsp3) is 0.552. The van der Waals surface area contributed by atoms with Gasteiger partial charge in [-0.3, -0.25) is 9.69 Å². The van der Waals surface area contributed by atoms with E-state index in [4.69, 9.17) is 15.0 Å². The number of amides is 1. The van der Waals surface area contributed by atoms with Crippen molar-refractivity contribution in [3.63, 3.8) is 0 Å². The zero-order valence-corrected chi connectivity index (χ0v) is 22.8. The number of hydrogen-bond acceptors (Lipinski definition) is 10. The third kappa shape index (κ3) is 4.46. The van der Waals surface area contributed by atoms with E-state index in [1.165, 1.54) is 25.7 Å². The van der Waals surface area contributed by atoms with E-state index in [9.17, 15) is 15.0 Å². The van der Waals surface area contributed by atoms with Gasteiger partial charge in [0.05, 0.1) is 24.4 Å². The van der Waals surface area contributed by atoms with E-state index in [1.54, 1.807) is 13.1 Å². The summed E-state index contributed by atoms with van der Waals surface area (Å²) in [4.78, 5) is 38.6. The third-order valence-electron chi connectivity index (χ3n) is 9.10. The number of rotatable bonds is 7. The molecule has 0 aromatic carbocycles. The molecule has 3 fully saturated rings. The summed E-state index contributed by atoms with van der Waals surface area (Å²) in [6, 6.07) is 6.67. The van der Waals surface area contributed by atoms with Crippen LogP contribution in [-0.2, 0) is 17.8 Å². The van der Waals surface area contributed by atoms with Crippen molar-refractivity contribution in [2.45, 2.75) is 76.2 Å². The van der Waals surface area contributed by atoms with Crippen molar-refractivity contribution in [1.29, 1.82) is 0 Å². The Bertz CT molecular complexity index is 1430. The summed E-state index contributed by atoms with van der Waals surface area (Å²) >= 11 is 0. The summed E-state index contributed by atoms with van der Waals surface area (Å²) < 4.78 is 0. The van der Waals surface area contributed by atoms with Crippen LogP contribution in [0.3, 0.4) is 0 Å². The molecular formula is C29H36N8O3. The SMILES string of the molecule is C[C@@H](O)c1cc2cnc(Nc3ccc4c(n3)CCN(C(=O)[C@@H]3CCN3CCO)C4)nc2c(N2C3CCC2CC3)n1. The molecule has 3 saturated heterocycles. The Balaban J connectivity index is 1.11. The second kappa shape index (κ2) is 10.2. The number of nitrogens with one attached hydrogen (secondary N) is 1. The maximum Gasteiger partial charge on any atom is 0.240 e. The monoisotopic (exact) mass is 544 g/mol. The Morgan fingerprint density at radius 2 is 1.90 bits per heavy atom. The molecule has 3 aromatic heterocycles. The zero-order chi connectivity index (χ0) is 27.4. The van der Waals surface area contributed by atoms with Crippen LogP contribution in [0.2, 0.25) is 0 Å². The molecule has 0 radical (unpaired) electrons. The van der Waals surface area contributed by atoms with Crippen molar-refractivity contribution in [3.05, 3.63) is 41.3 Å². The highest BCUT2D eigenvalue weighted by Gasteiger charge is 2.41. The van der Waals surface area contributed by atoms with Gasteiger partial charge in [0.25, 0.3) is 0 Å². The summed E-state index contributed by atoms with van der Waals surface area (Å²) in [6.07, 6.45) is 7.36. The lowest BCUT2D eigenvalue weighted by Gasteiger charge is -2.42. The number of aromatic nitrogens is 4.